The molecule has 2 amide bonds. The molecule has 0 radical (unpaired) electrons. The number of rotatable bonds is 10. The van der Waals surface area contributed by atoms with Crippen LogP contribution in [0.5, 0.6) is 0 Å². The summed E-state index contributed by atoms with van der Waals surface area (Å²) in [6.07, 6.45) is 1.11. The molecular formula is C21H29N3O2S. The number of hydrogen-bond donors (Lipinski definition) is 3. The van der Waals surface area contributed by atoms with Crippen LogP contribution in [-0.4, -0.2) is 31.4 Å². The average Bonchev–Trinajstić information content (AvgIpc) is 3.21. The molecule has 1 aromatic carbocycles. The summed E-state index contributed by atoms with van der Waals surface area (Å²) in [6.45, 7) is 6.97. The zero-order valence-electron chi connectivity index (χ0n) is 16.2. The average molecular weight is 388 g/mol. The maximum Gasteiger partial charge on any atom is 0.239 e. The maximum atomic E-state index is 12.1. The van der Waals surface area contributed by atoms with E-state index in [1.165, 1.54) is 5.56 Å². The molecule has 2 atom stereocenters. The van der Waals surface area contributed by atoms with Gasteiger partial charge in [0.25, 0.3) is 0 Å². The van der Waals surface area contributed by atoms with Crippen molar-refractivity contribution in [2.45, 2.75) is 39.2 Å². The summed E-state index contributed by atoms with van der Waals surface area (Å²) in [7, 11) is 0. The molecule has 0 fully saturated rings. The van der Waals surface area contributed by atoms with E-state index in [4.69, 9.17) is 0 Å². The quantitative estimate of drug-likeness (QED) is 0.586. The molecule has 3 N–H and O–H groups in total. The zero-order chi connectivity index (χ0) is 19.6. The second-order valence-electron chi connectivity index (χ2n) is 6.54. The van der Waals surface area contributed by atoms with Gasteiger partial charge in [-0.25, -0.2) is 0 Å². The Morgan fingerprint density at radius 3 is 2.22 bits per heavy atom. The third-order valence-electron chi connectivity index (χ3n) is 4.57. The SMILES string of the molecule is CCNC(=O)CNC(=O)CN[C@@H](c1ccc([C@@H](C)CC)cc1)c1cccs1. The molecule has 0 saturated heterocycles. The number of carbonyl (C=O) groups excluding carboxylic acids is 2. The van der Waals surface area contributed by atoms with E-state index in [2.05, 4.69) is 60.1 Å². The minimum Gasteiger partial charge on any atom is -0.355 e. The predicted octanol–water partition coefficient (Wildman–Crippen LogP) is 3.19. The molecule has 27 heavy (non-hydrogen) atoms. The smallest absolute Gasteiger partial charge is 0.239 e. The van der Waals surface area contributed by atoms with Crippen LogP contribution < -0.4 is 16.0 Å². The Morgan fingerprint density at radius 2 is 1.63 bits per heavy atom. The molecule has 0 unspecified atom stereocenters. The minimum absolute atomic E-state index is 0.00161. The summed E-state index contributed by atoms with van der Waals surface area (Å²) in [4.78, 5) is 24.7. The fourth-order valence-corrected chi connectivity index (χ4v) is 3.61. The van der Waals surface area contributed by atoms with Gasteiger partial charge in [-0.2, -0.15) is 0 Å². The summed E-state index contributed by atoms with van der Waals surface area (Å²) in [5, 5.41) is 10.7. The Hall–Kier alpha value is -2.18. The zero-order valence-corrected chi connectivity index (χ0v) is 17.1. The molecule has 0 aliphatic rings. The van der Waals surface area contributed by atoms with Crippen molar-refractivity contribution in [1.82, 2.24) is 16.0 Å². The van der Waals surface area contributed by atoms with Crippen LogP contribution in [0.1, 0.15) is 55.2 Å². The van der Waals surface area contributed by atoms with E-state index in [0.717, 1.165) is 16.9 Å². The highest BCUT2D eigenvalue weighted by Crippen LogP contribution is 2.27. The summed E-state index contributed by atoms with van der Waals surface area (Å²) in [6, 6.07) is 12.6. The number of amides is 2. The van der Waals surface area contributed by atoms with Gasteiger partial charge >= 0.3 is 0 Å². The second-order valence-corrected chi connectivity index (χ2v) is 7.51. The summed E-state index contributed by atoms with van der Waals surface area (Å²) in [5.41, 5.74) is 2.45. The molecular weight excluding hydrogens is 358 g/mol. The molecule has 0 saturated carbocycles. The largest absolute Gasteiger partial charge is 0.355 e. The van der Waals surface area contributed by atoms with Crippen molar-refractivity contribution >= 4 is 23.2 Å². The van der Waals surface area contributed by atoms with Crippen molar-refractivity contribution in [2.75, 3.05) is 19.6 Å². The minimum atomic E-state index is -0.195. The number of hydrogen-bond acceptors (Lipinski definition) is 4. The lowest BCUT2D eigenvalue weighted by molar-refractivity contribution is -0.125. The predicted molar refractivity (Wildman–Crippen MR) is 111 cm³/mol. The molecule has 5 nitrogen and oxygen atoms in total. The Balaban J connectivity index is 2.01. The fourth-order valence-electron chi connectivity index (χ4n) is 2.79. The van der Waals surface area contributed by atoms with Crippen molar-refractivity contribution in [1.29, 1.82) is 0 Å². The van der Waals surface area contributed by atoms with Crippen molar-refractivity contribution in [3.8, 4) is 0 Å². The van der Waals surface area contributed by atoms with Crippen LogP contribution in [0.3, 0.4) is 0 Å². The molecule has 6 heteroatoms. The number of likely N-dealkylation sites (N-methyl/N-ethyl adjacent to an activating group) is 1. The van der Waals surface area contributed by atoms with Gasteiger partial charge in [0.05, 0.1) is 19.1 Å². The Kier molecular flexibility index (Phi) is 8.48. The molecule has 0 aliphatic carbocycles. The Labute approximate surface area is 165 Å². The first kappa shape index (κ1) is 21.1. The third kappa shape index (κ3) is 6.48. The molecule has 1 aromatic heterocycles. The van der Waals surface area contributed by atoms with Crippen LogP contribution in [0.15, 0.2) is 41.8 Å². The lowest BCUT2D eigenvalue weighted by atomic mass is 9.95. The highest BCUT2D eigenvalue weighted by Gasteiger charge is 2.17. The van der Waals surface area contributed by atoms with Gasteiger partial charge in [0.1, 0.15) is 0 Å². The molecule has 146 valence electrons. The van der Waals surface area contributed by atoms with Crippen LogP contribution in [0.25, 0.3) is 0 Å². The molecule has 0 aliphatic heterocycles. The van der Waals surface area contributed by atoms with Crippen LogP contribution in [0.2, 0.25) is 0 Å². The van der Waals surface area contributed by atoms with Gasteiger partial charge in [-0.15, -0.1) is 11.3 Å². The van der Waals surface area contributed by atoms with Gasteiger partial charge in [-0.1, -0.05) is 44.2 Å². The van der Waals surface area contributed by atoms with E-state index in [1.54, 1.807) is 11.3 Å². The highest BCUT2D eigenvalue weighted by atomic mass is 32.1. The van der Waals surface area contributed by atoms with Crippen molar-refractivity contribution in [2.24, 2.45) is 0 Å². The van der Waals surface area contributed by atoms with Gasteiger partial charge in [0.15, 0.2) is 0 Å². The number of nitrogens with one attached hydrogen (secondary N) is 3. The van der Waals surface area contributed by atoms with Crippen molar-refractivity contribution in [3.05, 3.63) is 57.8 Å². The van der Waals surface area contributed by atoms with Gasteiger partial charge in [0.2, 0.25) is 11.8 Å². The molecule has 0 bridgehead atoms. The van der Waals surface area contributed by atoms with Gasteiger partial charge in [-0.3, -0.25) is 14.9 Å². The number of thiophene rings is 1. The van der Waals surface area contributed by atoms with Crippen molar-refractivity contribution in [3.63, 3.8) is 0 Å². The van der Waals surface area contributed by atoms with Crippen molar-refractivity contribution < 1.29 is 9.59 Å². The monoisotopic (exact) mass is 387 g/mol. The van der Waals surface area contributed by atoms with E-state index in [9.17, 15) is 9.59 Å². The summed E-state index contributed by atoms with van der Waals surface area (Å²) >= 11 is 1.66. The second kappa shape index (κ2) is 10.8. The van der Waals surface area contributed by atoms with E-state index in [0.29, 0.717) is 12.5 Å². The van der Waals surface area contributed by atoms with E-state index < -0.39 is 0 Å². The normalized spacial score (nSPS) is 13.0. The first-order valence-corrected chi connectivity index (χ1v) is 10.3. The molecule has 2 rings (SSSR count). The first-order valence-electron chi connectivity index (χ1n) is 9.45. The molecule has 2 aromatic rings. The summed E-state index contributed by atoms with van der Waals surface area (Å²) < 4.78 is 0. The standard InChI is InChI=1S/C21H29N3O2S/c1-4-15(3)16-8-10-17(11-9-16)21(18-7-6-12-27-18)24-14-20(26)23-13-19(25)22-5-2/h6-12,15,21,24H,4-5,13-14H2,1-3H3,(H,22,25)(H,23,26)/t15-,21-/m0/s1. The van der Waals surface area contributed by atoms with E-state index >= 15 is 0 Å². The highest BCUT2D eigenvalue weighted by molar-refractivity contribution is 7.10. The van der Waals surface area contributed by atoms with Crippen LogP contribution in [0.4, 0.5) is 0 Å². The van der Waals surface area contributed by atoms with E-state index in [-0.39, 0.29) is 30.9 Å². The van der Waals surface area contributed by atoms with Gasteiger partial charge in [0, 0.05) is 11.4 Å². The van der Waals surface area contributed by atoms with E-state index in [1.807, 2.05) is 18.4 Å². The maximum absolute atomic E-state index is 12.1. The lowest BCUT2D eigenvalue weighted by Crippen LogP contribution is -2.41. The molecule has 1 heterocycles. The first-order chi connectivity index (χ1) is 13.0. The van der Waals surface area contributed by atoms with Crippen LogP contribution in [0, 0.1) is 0 Å². The van der Waals surface area contributed by atoms with Gasteiger partial charge in [-0.05, 0) is 41.8 Å². The number of carbonyl (C=O) groups is 2. The lowest BCUT2D eigenvalue weighted by Gasteiger charge is -2.19. The van der Waals surface area contributed by atoms with Crippen LogP contribution >= 0.6 is 11.3 Å². The van der Waals surface area contributed by atoms with Crippen LogP contribution in [-0.2, 0) is 9.59 Å². The Morgan fingerprint density at radius 1 is 0.963 bits per heavy atom. The fraction of sp³-hybridized carbons (Fsp3) is 0.429. The van der Waals surface area contributed by atoms with Gasteiger partial charge < -0.3 is 10.6 Å². The number of benzene rings is 1. The third-order valence-corrected chi connectivity index (χ3v) is 5.50. The summed E-state index contributed by atoms with van der Waals surface area (Å²) in [5.74, 6) is 0.160. The molecule has 0 spiro atoms. The topological polar surface area (TPSA) is 70.2 Å². The Bertz CT molecular complexity index is 714.